The lowest BCUT2D eigenvalue weighted by molar-refractivity contribution is -0.0993. The molecule has 0 saturated heterocycles. The quantitative estimate of drug-likeness (QED) is 0.588. The van der Waals surface area contributed by atoms with Crippen molar-refractivity contribution in [3.05, 3.63) is 0 Å². The third kappa shape index (κ3) is 3.76. The number of carbonyl (C=O) groups is 1. The first kappa shape index (κ1) is 8.20. The highest BCUT2D eigenvalue weighted by Gasteiger charge is 2.24. The van der Waals surface area contributed by atoms with E-state index < -0.39 is 12.0 Å². The lowest BCUT2D eigenvalue weighted by Crippen LogP contribution is -2.24. The summed E-state index contributed by atoms with van der Waals surface area (Å²) in [5.74, 6) is -2.04. The average molecular weight is 136 g/mol. The monoisotopic (exact) mass is 136 g/mol. The van der Waals surface area contributed by atoms with Crippen molar-refractivity contribution in [1.29, 1.82) is 0 Å². The van der Waals surface area contributed by atoms with Crippen LogP contribution in [0, 0.1) is 0 Å². The summed E-state index contributed by atoms with van der Waals surface area (Å²) in [5, 5.41) is 7.92. The molecule has 54 valence electrons. The molecule has 0 aromatic heterocycles. The molecule has 1 unspecified atom stereocenters. The van der Waals surface area contributed by atoms with Crippen LogP contribution >= 0.6 is 0 Å². The minimum Gasteiger partial charge on any atom is -0.450 e. The molecule has 0 amide bonds. The number of alkyl halides is 1. The van der Waals surface area contributed by atoms with E-state index in [2.05, 4.69) is 4.74 Å². The Bertz CT molecular complexity index is 111. The predicted molar refractivity (Wildman–Crippen MR) is 28.9 cm³/mol. The van der Waals surface area contributed by atoms with Crippen LogP contribution < -0.4 is 0 Å². The van der Waals surface area contributed by atoms with Crippen LogP contribution in [0.25, 0.3) is 0 Å². The van der Waals surface area contributed by atoms with Crippen LogP contribution in [-0.4, -0.2) is 17.1 Å². The fourth-order valence-corrected chi connectivity index (χ4v) is 0.254. The molecule has 3 nitrogen and oxygen atoms in total. The van der Waals surface area contributed by atoms with Gasteiger partial charge < -0.3 is 9.84 Å². The van der Waals surface area contributed by atoms with Crippen molar-refractivity contribution in [1.82, 2.24) is 0 Å². The average Bonchev–Trinajstić information content (AvgIpc) is 1.63. The Hall–Kier alpha value is -0.800. The van der Waals surface area contributed by atoms with Crippen molar-refractivity contribution in [3.8, 4) is 0 Å². The van der Waals surface area contributed by atoms with E-state index in [1.807, 2.05) is 0 Å². The fraction of sp³-hybridized carbons (Fsp3) is 0.800. The molecule has 0 heterocycles. The van der Waals surface area contributed by atoms with Gasteiger partial charge in [0.15, 0.2) is 0 Å². The van der Waals surface area contributed by atoms with Gasteiger partial charge >= 0.3 is 6.16 Å². The van der Waals surface area contributed by atoms with Gasteiger partial charge in [0.1, 0.15) is 0 Å². The lowest BCUT2D eigenvalue weighted by Gasteiger charge is -2.15. The highest BCUT2D eigenvalue weighted by atomic mass is 19.2. The first-order chi connectivity index (χ1) is 3.98. The molecule has 0 fully saturated rings. The van der Waals surface area contributed by atoms with Gasteiger partial charge in [-0.2, -0.15) is 4.39 Å². The standard InChI is InChI=1S/C5H9FO3/c1-3-5(2,6)9-4(7)8/h3H2,1-2H3,(H,7,8). The number of hydrogen-bond acceptors (Lipinski definition) is 2. The molecule has 0 spiro atoms. The zero-order valence-electron chi connectivity index (χ0n) is 5.35. The molecule has 0 aliphatic heterocycles. The second-order valence-electron chi connectivity index (χ2n) is 1.82. The van der Waals surface area contributed by atoms with E-state index in [1.165, 1.54) is 6.92 Å². The predicted octanol–water partition coefficient (Wildman–Crippen LogP) is 1.78. The molecule has 0 aromatic carbocycles. The van der Waals surface area contributed by atoms with E-state index in [0.717, 1.165) is 6.92 Å². The maximum Gasteiger partial charge on any atom is 0.508 e. The zero-order chi connectivity index (χ0) is 7.49. The van der Waals surface area contributed by atoms with Crippen LogP contribution in [0.1, 0.15) is 20.3 Å². The smallest absolute Gasteiger partial charge is 0.450 e. The van der Waals surface area contributed by atoms with Gasteiger partial charge in [-0.25, -0.2) is 4.79 Å². The Labute approximate surface area is 52.4 Å². The Morgan fingerprint density at radius 1 is 1.89 bits per heavy atom. The van der Waals surface area contributed by atoms with Gasteiger partial charge in [-0.15, -0.1) is 0 Å². The Balaban J connectivity index is 3.71. The summed E-state index contributed by atoms with van der Waals surface area (Å²) in [6.07, 6.45) is -1.55. The number of ether oxygens (including phenoxy) is 1. The van der Waals surface area contributed by atoms with Crippen molar-refractivity contribution >= 4 is 6.16 Å². The summed E-state index contributed by atoms with van der Waals surface area (Å²) in [6.45, 7) is 2.57. The lowest BCUT2D eigenvalue weighted by atomic mass is 10.3. The minimum atomic E-state index is -2.04. The molecular formula is C5H9FO3. The third-order valence-electron chi connectivity index (χ3n) is 0.932. The van der Waals surface area contributed by atoms with Gasteiger partial charge in [-0.3, -0.25) is 0 Å². The van der Waals surface area contributed by atoms with Crippen LogP contribution in [0.5, 0.6) is 0 Å². The molecule has 9 heavy (non-hydrogen) atoms. The largest absolute Gasteiger partial charge is 0.508 e. The molecule has 0 saturated carbocycles. The van der Waals surface area contributed by atoms with Crippen molar-refractivity contribution in [3.63, 3.8) is 0 Å². The molecule has 1 N–H and O–H groups in total. The van der Waals surface area contributed by atoms with Gasteiger partial charge in [-0.1, -0.05) is 6.92 Å². The molecule has 0 bridgehead atoms. The van der Waals surface area contributed by atoms with Gasteiger partial charge in [0.05, 0.1) is 0 Å². The van der Waals surface area contributed by atoms with E-state index >= 15 is 0 Å². The maximum absolute atomic E-state index is 12.5. The number of hydrogen-bond donors (Lipinski definition) is 1. The SMILES string of the molecule is CCC(C)(F)OC(=O)O. The highest BCUT2D eigenvalue weighted by molar-refractivity contribution is 5.57. The summed E-state index contributed by atoms with van der Waals surface area (Å²) >= 11 is 0. The first-order valence-corrected chi connectivity index (χ1v) is 2.59. The van der Waals surface area contributed by atoms with E-state index in [1.54, 1.807) is 0 Å². The number of rotatable bonds is 2. The Morgan fingerprint density at radius 3 is 2.44 bits per heavy atom. The number of halogens is 1. The molecule has 4 heteroatoms. The van der Waals surface area contributed by atoms with Crippen LogP contribution in [0.2, 0.25) is 0 Å². The van der Waals surface area contributed by atoms with Gasteiger partial charge in [0, 0.05) is 13.3 Å². The van der Waals surface area contributed by atoms with Crippen molar-refractivity contribution < 1.29 is 19.0 Å². The van der Waals surface area contributed by atoms with E-state index in [-0.39, 0.29) is 6.42 Å². The Kier molecular flexibility index (Phi) is 2.42. The van der Waals surface area contributed by atoms with Crippen LogP contribution in [0.15, 0.2) is 0 Å². The highest BCUT2D eigenvalue weighted by Crippen LogP contribution is 2.15. The normalized spacial score (nSPS) is 16.3. The topological polar surface area (TPSA) is 46.5 Å². The molecule has 0 rings (SSSR count). The van der Waals surface area contributed by atoms with Crippen molar-refractivity contribution in [2.75, 3.05) is 0 Å². The molecule has 0 radical (unpaired) electrons. The summed E-state index contributed by atoms with van der Waals surface area (Å²) in [6, 6.07) is 0. The van der Waals surface area contributed by atoms with Gasteiger partial charge in [0.2, 0.25) is 0 Å². The first-order valence-electron chi connectivity index (χ1n) is 2.59. The molecular weight excluding hydrogens is 127 g/mol. The second-order valence-corrected chi connectivity index (χ2v) is 1.82. The molecule has 1 atom stereocenters. The van der Waals surface area contributed by atoms with Gasteiger partial charge in [0.25, 0.3) is 5.85 Å². The summed E-state index contributed by atoms with van der Waals surface area (Å²) < 4.78 is 16.3. The van der Waals surface area contributed by atoms with Crippen LogP contribution in [0.3, 0.4) is 0 Å². The zero-order valence-corrected chi connectivity index (χ0v) is 5.35. The molecule has 0 aliphatic carbocycles. The van der Waals surface area contributed by atoms with Crippen molar-refractivity contribution in [2.45, 2.75) is 26.1 Å². The third-order valence-corrected chi connectivity index (χ3v) is 0.932. The van der Waals surface area contributed by atoms with Crippen molar-refractivity contribution in [2.24, 2.45) is 0 Å². The summed E-state index contributed by atoms with van der Waals surface area (Å²) in [7, 11) is 0. The van der Waals surface area contributed by atoms with Crippen LogP contribution in [-0.2, 0) is 4.74 Å². The van der Waals surface area contributed by atoms with E-state index in [0.29, 0.717) is 0 Å². The van der Waals surface area contributed by atoms with E-state index in [9.17, 15) is 9.18 Å². The maximum atomic E-state index is 12.5. The molecule has 0 aliphatic rings. The molecule has 0 aromatic rings. The van der Waals surface area contributed by atoms with Gasteiger partial charge in [-0.05, 0) is 0 Å². The Morgan fingerprint density at radius 2 is 2.33 bits per heavy atom. The van der Waals surface area contributed by atoms with E-state index in [4.69, 9.17) is 5.11 Å². The minimum absolute atomic E-state index is 0.0271. The van der Waals surface area contributed by atoms with Crippen LogP contribution in [0.4, 0.5) is 9.18 Å². The second kappa shape index (κ2) is 2.66. The summed E-state index contributed by atoms with van der Waals surface area (Å²) in [5.41, 5.74) is 0. The number of carboxylic acid groups (broad SMARTS) is 1. The fourth-order valence-electron chi connectivity index (χ4n) is 0.254. The summed E-state index contributed by atoms with van der Waals surface area (Å²) in [4.78, 5) is 9.71.